The highest BCUT2D eigenvalue weighted by atomic mass is 16.7. The van der Waals surface area contributed by atoms with Crippen molar-refractivity contribution in [3.8, 4) is 0 Å². The average Bonchev–Trinajstić information content (AvgIpc) is 2.88. The van der Waals surface area contributed by atoms with E-state index >= 15 is 0 Å². The Kier molecular flexibility index (Phi) is 5.54. The highest BCUT2D eigenvalue weighted by molar-refractivity contribution is 5.95. The number of benzene rings is 1. The predicted octanol–water partition coefficient (Wildman–Crippen LogP) is 3.18. The minimum absolute atomic E-state index is 0.0282. The number of furan rings is 1. The molecule has 0 unspecified atom stereocenters. The molecule has 26 heavy (non-hydrogen) atoms. The number of carbonyl (C=O) groups is 3. The van der Waals surface area contributed by atoms with Crippen LogP contribution in [0.2, 0.25) is 0 Å². The molecule has 0 spiro atoms. The minimum atomic E-state index is -1.17. The lowest BCUT2D eigenvalue weighted by molar-refractivity contribution is -0.139. The topological polar surface area (TPSA) is 106 Å². The monoisotopic (exact) mass is 363 g/mol. The molecule has 1 aromatic heterocycles. The number of carboxylic acid groups (broad SMARTS) is 1. The molecule has 2 rings (SSSR count). The smallest absolute Gasteiger partial charge is 0.413 e. The number of fused-ring (bicyclic) bond motifs is 1. The molecule has 0 radical (unpaired) electrons. The van der Waals surface area contributed by atoms with Gasteiger partial charge in [0.25, 0.3) is 0 Å². The van der Waals surface area contributed by atoms with E-state index in [1.807, 2.05) is 12.1 Å². The van der Waals surface area contributed by atoms with Gasteiger partial charge in [-0.1, -0.05) is 18.2 Å². The van der Waals surface area contributed by atoms with Gasteiger partial charge in [0.1, 0.15) is 12.1 Å². The molecule has 1 N–H and O–H groups in total. The lowest BCUT2D eigenvalue weighted by atomic mass is 10.1. The molecular formula is C18H21NO7. The van der Waals surface area contributed by atoms with Gasteiger partial charge < -0.3 is 19.0 Å². The zero-order chi connectivity index (χ0) is 19.5. The van der Waals surface area contributed by atoms with Crippen LogP contribution >= 0.6 is 0 Å². The Labute approximate surface area is 150 Å². The summed E-state index contributed by atoms with van der Waals surface area (Å²) in [7, 11) is 0. The molecule has 140 valence electrons. The lowest BCUT2D eigenvalue weighted by Crippen LogP contribution is -2.48. The highest BCUT2D eigenvalue weighted by Crippen LogP contribution is 2.25. The summed E-state index contributed by atoms with van der Waals surface area (Å²) < 4.78 is 15.3. The molecule has 1 aromatic carbocycles. The van der Waals surface area contributed by atoms with Crippen LogP contribution in [-0.2, 0) is 14.3 Å². The fourth-order valence-electron chi connectivity index (χ4n) is 2.36. The number of para-hydroxylation sites is 1. The molecule has 0 aliphatic carbocycles. The quantitative estimate of drug-likeness (QED) is 0.642. The van der Waals surface area contributed by atoms with E-state index in [-0.39, 0.29) is 5.76 Å². The number of nitrogens with zero attached hydrogens (tertiary/aromatic N) is 1. The Bertz CT molecular complexity index is 832. The Morgan fingerprint density at radius 3 is 2.38 bits per heavy atom. The number of rotatable bonds is 5. The molecule has 1 amide bonds. The number of hydrogen-bond donors (Lipinski definition) is 1. The fraction of sp³-hybridized carbons (Fsp3) is 0.389. The van der Waals surface area contributed by atoms with Crippen LogP contribution in [0.5, 0.6) is 0 Å². The van der Waals surface area contributed by atoms with Gasteiger partial charge in [-0.2, -0.15) is 0 Å². The zero-order valence-electron chi connectivity index (χ0n) is 15.1. The Morgan fingerprint density at radius 1 is 1.15 bits per heavy atom. The first-order valence-corrected chi connectivity index (χ1v) is 7.92. The standard InChI is InChI=1S/C18H21NO7/c1-11-12-7-5-6-8-13(12)26-15(11)16(22)24-10-25-17(23)19(9-14(20)21)18(2,3)4/h5-8H,9-10H2,1-4H3,(H,20,21). The van der Waals surface area contributed by atoms with Crippen LogP contribution < -0.4 is 0 Å². The van der Waals surface area contributed by atoms with Gasteiger partial charge in [-0.25, -0.2) is 9.59 Å². The lowest BCUT2D eigenvalue weighted by Gasteiger charge is -2.33. The van der Waals surface area contributed by atoms with Crippen LogP contribution in [0.3, 0.4) is 0 Å². The van der Waals surface area contributed by atoms with Gasteiger partial charge in [-0.15, -0.1) is 0 Å². The Hall–Kier alpha value is -3.03. The van der Waals surface area contributed by atoms with Crippen LogP contribution in [-0.4, -0.2) is 46.9 Å². The maximum Gasteiger partial charge on any atom is 0.413 e. The number of carbonyl (C=O) groups excluding carboxylic acids is 2. The number of aliphatic carboxylic acids is 1. The summed E-state index contributed by atoms with van der Waals surface area (Å²) in [6, 6.07) is 7.15. The maximum atomic E-state index is 12.1. The maximum absolute atomic E-state index is 12.1. The summed E-state index contributed by atoms with van der Waals surface area (Å²) in [5, 5.41) is 9.70. The van der Waals surface area contributed by atoms with Crippen molar-refractivity contribution in [2.75, 3.05) is 13.3 Å². The van der Waals surface area contributed by atoms with Crippen molar-refractivity contribution in [3.63, 3.8) is 0 Å². The largest absolute Gasteiger partial charge is 0.480 e. The molecule has 0 fully saturated rings. The van der Waals surface area contributed by atoms with Crippen molar-refractivity contribution >= 4 is 29.0 Å². The molecule has 0 aliphatic heterocycles. The van der Waals surface area contributed by atoms with Crippen molar-refractivity contribution < 1.29 is 33.4 Å². The summed E-state index contributed by atoms with van der Waals surface area (Å²) in [5.41, 5.74) is 0.405. The first-order chi connectivity index (χ1) is 12.1. The van der Waals surface area contributed by atoms with Gasteiger partial charge >= 0.3 is 18.0 Å². The molecule has 0 bridgehead atoms. The number of esters is 1. The van der Waals surface area contributed by atoms with Crippen LogP contribution in [0.15, 0.2) is 28.7 Å². The Balaban J connectivity index is 1.99. The normalized spacial score (nSPS) is 11.2. The third-order valence-corrected chi connectivity index (χ3v) is 3.73. The van der Waals surface area contributed by atoms with E-state index < -0.39 is 36.9 Å². The minimum Gasteiger partial charge on any atom is -0.480 e. The first kappa shape index (κ1) is 19.3. The molecule has 2 aromatic rings. The molecular weight excluding hydrogens is 342 g/mol. The van der Waals surface area contributed by atoms with E-state index in [0.717, 1.165) is 10.3 Å². The third kappa shape index (κ3) is 4.33. The molecule has 1 heterocycles. The zero-order valence-corrected chi connectivity index (χ0v) is 15.1. The summed E-state index contributed by atoms with van der Waals surface area (Å²) >= 11 is 0. The van der Waals surface area contributed by atoms with Crippen LogP contribution in [0, 0.1) is 6.92 Å². The van der Waals surface area contributed by atoms with E-state index in [9.17, 15) is 14.4 Å². The van der Waals surface area contributed by atoms with Gasteiger partial charge in [0.15, 0.2) is 0 Å². The van der Waals surface area contributed by atoms with Gasteiger partial charge in [-0.05, 0) is 33.8 Å². The number of ether oxygens (including phenoxy) is 2. The van der Waals surface area contributed by atoms with E-state index in [1.54, 1.807) is 39.8 Å². The molecule has 0 aliphatic rings. The van der Waals surface area contributed by atoms with Crippen LogP contribution in [0.4, 0.5) is 4.79 Å². The van der Waals surface area contributed by atoms with Gasteiger partial charge in [0.05, 0.1) is 0 Å². The number of aryl methyl sites for hydroxylation is 1. The molecule has 8 nitrogen and oxygen atoms in total. The summed E-state index contributed by atoms with van der Waals surface area (Å²) in [5.74, 6) is -1.92. The van der Waals surface area contributed by atoms with E-state index in [4.69, 9.17) is 19.0 Å². The Morgan fingerprint density at radius 2 is 1.81 bits per heavy atom. The SMILES string of the molecule is Cc1c(C(=O)OCOC(=O)N(CC(=O)O)C(C)(C)C)oc2ccccc12. The molecule has 0 saturated heterocycles. The average molecular weight is 363 g/mol. The van der Waals surface area contributed by atoms with E-state index in [1.165, 1.54) is 0 Å². The second-order valence-corrected chi connectivity index (χ2v) is 6.66. The van der Waals surface area contributed by atoms with Crippen LogP contribution in [0.25, 0.3) is 11.0 Å². The van der Waals surface area contributed by atoms with Crippen molar-refractivity contribution in [2.24, 2.45) is 0 Å². The molecule has 0 atom stereocenters. The predicted molar refractivity (Wildman–Crippen MR) is 91.8 cm³/mol. The highest BCUT2D eigenvalue weighted by Gasteiger charge is 2.30. The summed E-state index contributed by atoms with van der Waals surface area (Å²) in [4.78, 5) is 36.1. The van der Waals surface area contributed by atoms with Gasteiger partial charge in [-0.3, -0.25) is 9.69 Å². The fourth-order valence-corrected chi connectivity index (χ4v) is 2.36. The number of carboxylic acids is 1. The van der Waals surface area contributed by atoms with Crippen molar-refractivity contribution in [1.29, 1.82) is 0 Å². The molecule has 0 saturated carbocycles. The van der Waals surface area contributed by atoms with E-state index in [0.29, 0.717) is 11.1 Å². The van der Waals surface area contributed by atoms with Crippen molar-refractivity contribution in [1.82, 2.24) is 4.90 Å². The number of hydrogen-bond acceptors (Lipinski definition) is 6. The molecule has 8 heteroatoms. The second kappa shape index (κ2) is 7.47. The third-order valence-electron chi connectivity index (χ3n) is 3.73. The van der Waals surface area contributed by atoms with Gasteiger partial charge in [0, 0.05) is 16.5 Å². The second-order valence-electron chi connectivity index (χ2n) is 6.66. The van der Waals surface area contributed by atoms with Crippen LogP contribution in [0.1, 0.15) is 36.9 Å². The van der Waals surface area contributed by atoms with Crippen molar-refractivity contribution in [2.45, 2.75) is 33.2 Å². The van der Waals surface area contributed by atoms with E-state index in [2.05, 4.69) is 0 Å². The van der Waals surface area contributed by atoms with Gasteiger partial charge in [0.2, 0.25) is 12.6 Å². The number of amides is 1. The van der Waals surface area contributed by atoms with Crippen molar-refractivity contribution in [3.05, 3.63) is 35.6 Å². The summed E-state index contributed by atoms with van der Waals surface area (Å²) in [6.45, 7) is 5.55. The summed E-state index contributed by atoms with van der Waals surface area (Å²) in [6.07, 6.45) is -0.894. The first-order valence-electron chi connectivity index (χ1n) is 7.92.